The van der Waals surface area contributed by atoms with E-state index < -0.39 is 0 Å². The Morgan fingerprint density at radius 1 is 1.61 bits per heavy atom. The zero-order chi connectivity index (χ0) is 12.8. The van der Waals surface area contributed by atoms with Crippen LogP contribution in [0, 0.1) is 12.3 Å². The number of carbonyl (C=O) groups excluding carboxylic acids is 1. The third kappa shape index (κ3) is 3.08. The van der Waals surface area contributed by atoms with E-state index in [1.807, 2.05) is 0 Å². The topological polar surface area (TPSA) is 71.8 Å². The molecule has 1 saturated heterocycles. The van der Waals surface area contributed by atoms with Crippen LogP contribution >= 0.6 is 0 Å². The van der Waals surface area contributed by atoms with E-state index in [1.54, 1.807) is 10.9 Å². The number of hydrogen-bond donors (Lipinski definition) is 2. The minimum Gasteiger partial charge on any atom is -0.350 e. The highest BCUT2D eigenvalue weighted by atomic mass is 16.2. The number of carbonyl (C=O) groups is 1. The molecule has 2 rings (SSSR count). The summed E-state index contributed by atoms with van der Waals surface area (Å²) in [6.07, 6.45) is 9.38. The van der Waals surface area contributed by atoms with Gasteiger partial charge in [0.05, 0.1) is 12.2 Å². The van der Waals surface area contributed by atoms with Crippen LogP contribution in [0.5, 0.6) is 0 Å². The predicted octanol–water partition coefficient (Wildman–Crippen LogP) is -0.0443. The van der Waals surface area contributed by atoms with Crippen molar-refractivity contribution in [3.8, 4) is 12.3 Å². The summed E-state index contributed by atoms with van der Waals surface area (Å²) in [5.74, 6) is 2.25. The van der Waals surface area contributed by atoms with Crippen LogP contribution < -0.4 is 10.6 Å². The summed E-state index contributed by atoms with van der Waals surface area (Å²) >= 11 is 0. The Morgan fingerprint density at radius 2 is 2.39 bits per heavy atom. The Balaban J connectivity index is 1.92. The molecule has 1 aliphatic heterocycles. The number of aromatic nitrogens is 3. The number of hydrogen-bond acceptors (Lipinski definition) is 4. The summed E-state index contributed by atoms with van der Waals surface area (Å²) in [5, 5.41) is 13.9. The molecule has 0 aliphatic carbocycles. The van der Waals surface area contributed by atoms with Crippen molar-refractivity contribution in [1.82, 2.24) is 25.6 Å². The fourth-order valence-corrected chi connectivity index (χ4v) is 1.97. The standard InChI is InChI=1S/C12H17N5O/c1-2-3-6-14-12(18)11-9-17(16-15-11)10-4-7-13-8-5-10/h1,9-10,13H,3-8H2,(H,14,18). The van der Waals surface area contributed by atoms with Crippen molar-refractivity contribution in [2.24, 2.45) is 0 Å². The first-order valence-electron chi connectivity index (χ1n) is 6.15. The number of terminal acetylenes is 1. The van der Waals surface area contributed by atoms with Crippen LogP contribution in [0.4, 0.5) is 0 Å². The molecule has 1 aromatic rings. The fourth-order valence-electron chi connectivity index (χ4n) is 1.97. The molecular formula is C12H17N5O. The highest BCUT2D eigenvalue weighted by Crippen LogP contribution is 2.16. The molecule has 1 fully saturated rings. The van der Waals surface area contributed by atoms with Crippen LogP contribution in [0.25, 0.3) is 0 Å². The fraction of sp³-hybridized carbons (Fsp3) is 0.583. The van der Waals surface area contributed by atoms with E-state index in [0.717, 1.165) is 25.9 Å². The van der Waals surface area contributed by atoms with Crippen LogP contribution in [-0.4, -0.2) is 40.5 Å². The first kappa shape index (κ1) is 12.6. The van der Waals surface area contributed by atoms with Gasteiger partial charge in [0.2, 0.25) is 0 Å². The molecule has 0 unspecified atom stereocenters. The maximum atomic E-state index is 11.7. The quantitative estimate of drug-likeness (QED) is 0.578. The lowest BCUT2D eigenvalue weighted by atomic mass is 10.1. The van der Waals surface area contributed by atoms with Gasteiger partial charge in [-0.05, 0) is 25.9 Å². The minimum atomic E-state index is -0.217. The molecule has 2 heterocycles. The smallest absolute Gasteiger partial charge is 0.273 e. The number of rotatable bonds is 4. The molecule has 6 nitrogen and oxygen atoms in total. The summed E-state index contributed by atoms with van der Waals surface area (Å²) in [5.41, 5.74) is 0.352. The van der Waals surface area contributed by atoms with Gasteiger partial charge in [-0.15, -0.1) is 17.4 Å². The second-order valence-corrected chi connectivity index (χ2v) is 4.27. The van der Waals surface area contributed by atoms with Gasteiger partial charge in [-0.3, -0.25) is 4.79 Å². The van der Waals surface area contributed by atoms with Crippen molar-refractivity contribution >= 4 is 5.91 Å². The Morgan fingerprint density at radius 3 is 3.11 bits per heavy atom. The van der Waals surface area contributed by atoms with Gasteiger partial charge in [0.1, 0.15) is 0 Å². The van der Waals surface area contributed by atoms with Crippen molar-refractivity contribution in [1.29, 1.82) is 0 Å². The third-order valence-corrected chi connectivity index (χ3v) is 2.98. The van der Waals surface area contributed by atoms with Crippen LogP contribution in [0.1, 0.15) is 35.8 Å². The Bertz CT molecular complexity index is 442. The summed E-state index contributed by atoms with van der Waals surface area (Å²) < 4.78 is 1.79. The SMILES string of the molecule is C#CCCNC(=O)c1cn(C2CCNCC2)nn1. The average molecular weight is 247 g/mol. The largest absolute Gasteiger partial charge is 0.350 e. The Hall–Kier alpha value is -1.87. The summed E-state index contributed by atoms with van der Waals surface area (Å²) in [7, 11) is 0. The number of amides is 1. The zero-order valence-corrected chi connectivity index (χ0v) is 10.2. The van der Waals surface area contributed by atoms with Gasteiger partial charge in [0, 0.05) is 13.0 Å². The maximum Gasteiger partial charge on any atom is 0.273 e. The second kappa shape index (κ2) is 6.17. The lowest BCUT2D eigenvalue weighted by Crippen LogP contribution is -2.29. The molecule has 0 radical (unpaired) electrons. The number of nitrogens with one attached hydrogen (secondary N) is 2. The molecular weight excluding hydrogens is 230 g/mol. The van der Waals surface area contributed by atoms with Crippen molar-refractivity contribution in [2.45, 2.75) is 25.3 Å². The average Bonchev–Trinajstić information content (AvgIpc) is 2.89. The minimum absolute atomic E-state index is 0.217. The van der Waals surface area contributed by atoms with Gasteiger partial charge in [0.25, 0.3) is 5.91 Å². The Labute approximate surface area is 106 Å². The van der Waals surface area contributed by atoms with Gasteiger partial charge >= 0.3 is 0 Å². The van der Waals surface area contributed by atoms with Crippen molar-refractivity contribution in [3.63, 3.8) is 0 Å². The van der Waals surface area contributed by atoms with Gasteiger partial charge in [-0.2, -0.15) is 0 Å². The molecule has 2 N–H and O–H groups in total. The molecule has 1 amide bonds. The molecule has 0 saturated carbocycles. The molecule has 0 bridgehead atoms. The highest BCUT2D eigenvalue weighted by molar-refractivity contribution is 5.91. The summed E-state index contributed by atoms with van der Waals surface area (Å²) in [6.45, 7) is 2.43. The van der Waals surface area contributed by atoms with Crippen LogP contribution in [0.3, 0.4) is 0 Å². The molecule has 1 aromatic heterocycles. The lowest BCUT2D eigenvalue weighted by molar-refractivity contribution is 0.0949. The van der Waals surface area contributed by atoms with Gasteiger partial charge in [-0.25, -0.2) is 4.68 Å². The number of piperidine rings is 1. The van der Waals surface area contributed by atoms with Crippen molar-refractivity contribution in [2.75, 3.05) is 19.6 Å². The van der Waals surface area contributed by atoms with Crippen LogP contribution in [0.15, 0.2) is 6.20 Å². The van der Waals surface area contributed by atoms with Gasteiger partial charge in [0.15, 0.2) is 5.69 Å². The molecule has 0 atom stereocenters. The normalized spacial score (nSPS) is 16.2. The molecule has 0 aromatic carbocycles. The van der Waals surface area contributed by atoms with E-state index in [4.69, 9.17) is 6.42 Å². The molecule has 96 valence electrons. The molecule has 0 spiro atoms. The first-order valence-corrected chi connectivity index (χ1v) is 6.15. The first-order chi connectivity index (χ1) is 8.81. The van der Waals surface area contributed by atoms with E-state index in [-0.39, 0.29) is 5.91 Å². The maximum absolute atomic E-state index is 11.7. The van der Waals surface area contributed by atoms with E-state index in [2.05, 4.69) is 26.9 Å². The van der Waals surface area contributed by atoms with E-state index in [0.29, 0.717) is 24.7 Å². The van der Waals surface area contributed by atoms with Crippen molar-refractivity contribution < 1.29 is 4.79 Å². The molecule has 1 aliphatic rings. The summed E-state index contributed by atoms with van der Waals surface area (Å²) in [4.78, 5) is 11.7. The van der Waals surface area contributed by atoms with E-state index in [9.17, 15) is 4.79 Å². The van der Waals surface area contributed by atoms with E-state index >= 15 is 0 Å². The molecule has 6 heteroatoms. The van der Waals surface area contributed by atoms with Crippen molar-refractivity contribution in [3.05, 3.63) is 11.9 Å². The zero-order valence-electron chi connectivity index (χ0n) is 10.2. The second-order valence-electron chi connectivity index (χ2n) is 4.27. The highest BCUT2D eigenvalue weighted by Gasteiger charge is 2.18. The summed E-state index contributed by atoms with van der Waals surface area (Å²) in [6, 6.07) is 0.339. The lowest BCUT2D eigenvalue weighted by Gasteiger charge is -2.22. The molecule has 18 heavy (non-hydrogen) atoms. The Kier molecular flexibility index (Phi) is 4.31. The third-order valence-electron chi connectivity index (χ3n) is 2.98. The monoisotopic (exact) mass is 247 g/mol. The van der Waals surface area contributed by atoms with Gasteiger partial charge in [-0.1, -0.05) is 5.21 Å². The predicted molar refractivity (Wildman–Crippen MR) is 66.9 cm³/mol. The van der Waals surface area contributed by atoms with Crippen LogP contribution in [-0.2, 0) is 0 Å². The van der Waals surface area contributed by atoms with Gasteiger partial charge < -0.3 is 10.6 Å². The van der Waals surface area contributed by atoms with Crippen LogP contribution in [0.2, 0.25) is 0 Å². The number of nitrogens with zero attached hydrogens (tertiary/aromatic N) is 3. The van der Waals surface area contributed by atoms with E-state index in [1.165, 1.54) is 0 Å².